The highest BCUT2D eigenvalue weighted by molar-refractivity contribution is 9.10. The number of aromatic nitrogens is 4. The Hall–Kier alpha value is -3.31. The van der Waals surface area contributed by atoms with Crippen LogP contribution >= 0.6 is 15.9 Å². The van der Waals surface area contributed by atoms with Crippen molar-refractivity contribution < 1.29 is 31.5 Å². The lowest BCUT2D eigenvalue weighted by atomic mass is 10.1. The van der Waals surface area contributed by atoms with Gasteiger partial charge in [0.1, 0.15) is 11.4 Å². The van der Waals surface area contributed by atoms with Gasteiger partial charge in [-0.15, -0.1) is 0 Å². The third-order valence-corrected chi connectivity index (χ3v) is 7.07. The number of anilines is 1. The fourth-order valence-corrected chi connectivity index (χ4v) is 5.11. The van der Waals surface area contributed by atoms with Crippen LogP contribution in [0.1, 0.15) is 40.0 Å². The van der Waals surface area contributed by atoms with Crippen LogP contribution in [0.3, 0.4) is 0 Å². The van der Waals surface area contributed by atoms with Gasteiger partial charge in [0, 0.05) is 6.54 Å². The number of halogens is 2. The topological polar surface area (TPSA) is 189 Å². The van der Waals surface area contributed by atoms with Crippen molar-refractivity contribution in [1.82, 2.24) is 24.3 Å². The molecule has 200 valence electrons. The van der Waals surface area contributed by atoms with E-state index in [2.05, 4.69) is 36.7 Å². The molecule has 1 aromatic carbocycles. The predicted molar refractivity (Wildman–Crippen MR) is 129 cm³/mol. The Balaban J connectivity index is 1.54. The number of amides is 1. The molecule has 1 aliphatic carbocycles. The number of nitrogens with one attached hydrogen (secondary N) is 1. The number of carbonyl (C=O) groups excluding carboxylic acids is 1. The van der Waals surface area contributed by atoms with Gasteiger partial charge in [-0.25, -0.2) is 28.3 Å². The Morgan fingerprint density at radius 1 is 1.32 bits per heavy atom. The average molecular weight is 604 g/mol. The lowest BCUT2D eigenvalue weighted by Gasteiger charge is -2.31. The maximum atomic E-state index is 13.7. The van der Waals surface area contributed by atoms with Gasteiger partial charge in [-0.3, -0.25) is 4.52 Å². The van der Waals surface area contributed by atoms with Gasteiger partial charge in [-0.1, -0.05) is 5.16 Å². The number of hydrogen-bond donors (Lipinski definition) is 2. The largest absolute Gasteiger partial charge is 0.446 e. The van der Waals surface area contributed by atoms with Crippen LogP contribution < -0.4 is 16.2 Å². The van der Waals surface area contributed by atoms with E-state index in [9.17, 15) is 22.4 Å². The number of carbonyl (C=O) groups is 1. The Labute approximate surface area is 218 Å². The summed E-state index contributed by atoms with van der Waals surface area (Å²) in [6.07, 6.45) is -0.133. The Kier molecular flexibility index (Phi) is 6.89. The van der Waals surface area contributed by atoms with Crippen molar-refractivity contribution in [3.8, 4) is 17.2 Å². The molecule has 0 atom stereocenters. The van der Waals surface area contributed by atoms with Crippen LogP contribution in [0.5, 0.6) is 0 Å². The smallest absolute Gasteiger partial charge is 0.443 e. The molecule has 1 saturated carbocycles. The van der Waals surface area contributed by atoms with Gasteiger partial charge in [0.25, 0.3) is 0 Å². The molecule has 37 heavy (non-hydrogen) atoms. The number of ether oxygens (including phenoxy) is 1. The number of nitrogens with zero attached hydrogens (tertiary/aromatic N) is 5. The number of hydrogen-bond acceptors (Lipinski definition) is 11. The minimum Gasteiger partial charge on any atom is -0.443 e. The Morgan fingerprint density at radius 3 is 2.62 bits per heavy atom. The van der Waals surface area contributed by atoms with E-state index in [1.54, 1.807) is 20.8 Å². The zero-order valence-electron chi connectivity index (χ0n) is 19.9. The van der Waals surface area contributed by atoms with Crippen molar-refractivity contribution in [3.63, 3.8) is 0 Å². The molecule has 0 saturated heterocycles. The molecule has 2 aromatic heterocycles. The van der Waals surface area contributed by atoms with E-state index in [-0.39, 0.29) is 40.5 Å². The van der Waals surface area contributed by atoms with Crippen molar-refractivity contribution in [1.29, 1.82) is 0 Å². The van der Waals surface area contributed by atoms with Gasteiger partial charge in [0.05, 0.1) is 15.7 Å². The second-order valence-corrected chi connectivity index (χ2v) is 11.6. The lowest BCUT2D eigenvalue weighted by Crippen LogP contribution is -2.51. The van der Waals surface area contributed by atoms with Gasteiger partial charge >= 0.3 is 22.1 Å². The number of rotatable bonds is 8. The molecule has 0 radical (unpaired) electrons. The predicted octanol–water partition coefficient (Wildman–Crippen LogP) is 2.55. The zero-order valence-corrected chi connectivity index (χ0v) is 22.3. The highest BCUT2D eigenvalue weighted by Gasteiger charge is 2.55. The van der Waals surface area contributed by atoms with Crippen LogP contribution in [0.2, 0.25) is 0 Å². The Morgan fingerprint density at radius 2 is 2.03 bits per heavy atom. The average Bonchev–Trinajstić information content (AvgIpc) is 3.19. The highest BCUT2D eigenvalue weighted by atomic mass is 79.9. The molecule has 1 aliphatic rings. The quantitative estimate of drug-likeness (QED) is 0.384. The van der Waals surface area contributed by atoms with Gasteiger partial charge in [0.15, 0.2) is 5.69 Å². The third kappa shape index (κ3) is 5.67. The van der Waals surface area contributed by atoms with Crippen molar-refractivity contribution in [2.24, 2.45) is 5.14 Å². The van der Waals surface area contributed by atoms with E-state index in [0.29, 0.717) is 17.1 Å². The summed E-state index contributed by atoms with van der Waals surface area (Å²) in [7, 11) is -4.41. The first-order chi connectivity index (χ1) is 17.2. The first kappa shape index (κ1) is 26.7. The van der Waals surface area contributed by atoms with Crippen molar-refractivity contribution >= 4 is 38.1 Å². The fraction of sp³-hybridized carbons (Fsp3) is 0.450. The first-order valence-electron chi connectivity index (χ1n) is 10.9. The molecule has 0 bridgehead atoms. The maximum Gasteiger partial charge on any atom is 0.446 e. The second-order valence-electron chi connectivity index (χ2n) is 9.36. The van der Waals surface area contributed by atoms with E-state index in [0.717, 1.165) is 10.6 Å². The molecule has 2 heterocycles. The van der Waals surface area contributed by atoms with Crippen LogP contribution in [0.15, 0.2) is 36.6 Å². The summed E-state index contributed by atoms with van der Waals surface area (Å²) < 4.78 is 54.8. The standard InChI is InChI=1S/C20H23BrFN7O7S/c1-19(2,3)34-18(31)29(37(23,32)33)20(6-7-20)8-9-24-15-14(25-36-26-15)16-27-35-17(30)28(16)11-4-5-13(22)12(21)10-11/h4-5,10H,6-9H2,1-3H3,(H,24,26)(H2,23,32,33). The zero-order chi connectivity index (χ0) is 27.2. The van der Waals surface area contributed by atoms with Crippen LogP contribution in [0.25, 0.3) is 17.2 Å². The summed E-state index contributed by atoms with van der Waals surface area (Å²) in [6.45, 7) is 4.95. The molecule has 17 heteroatoms. The van der Waals surface area contributed by atoms with E-state index in [1.165, 1.54) is 12.1 Å². The lowest BCUT2D eigenvalue weighted by molar-refractivity contribution is 0.0316. The van der Waals surface area contributed by atoms with Crippen LogP contribution in [-0.4, -0.2) is 56.5 Å². The minimum absolute atomic E-state index is 0.00610. The molecule has 3 N–H and O–H groups in total. The van der Waals surface area contributed by atoms with E-state index in [4.69, 9.17) is 19.0 Å². The monoisotopic (exact) mass is 603 g/mol. The summed E-state index contributed by atoms with van der Waals surface area (Å²) in [5.41, 5.74) is -1.76. The molecule has 3 aromatic rings. The van der Waals surface area contributed by atoms with E-state index >= 15 is 0 Å². The normalized spacial score (nSPS) is 14.9. The van der Waals surface area contributed by atoms with Gasteiger partial charge in [0.2, 0.25) is 11.6 Å². The summed E-state index contributed by atoms with van der Waals surface area (Å²) in [6, 6.07) is 3.85. The van der Waals surface area contributed by atoms with Crippen LogP contribution in [-0.2, 0) is 14.9 Å². The van der Waals surface area contributed by atoms with Crippen molar-refractivity contribution in [3.05, 3.63) is 39.0 Å². The number of benzene rings is 1. The van der Waals surface area contributed by atoms with Gasteiger partial charge in [-0.05, 0) is 84.5 Å². The summed E-state index contributed by atoms with van der Waals surface area (Å²) in [5.74, 6) is -1.40. The van der Waals surface area contributed by atoms with Crippen molar-refractivity contribution in [2.45, 2.75) is 51.2 Å². The van der Waals surface area contributed by atoms with Gasteiger partial charge in [-0.2, -0.15) is 12.7 Å². The third-order valence-electron chi connectivity index (χ3n) is 5.42. The first-order valence-corrected chi connectivity index (χ1v) is 13.2. The summed E-state index contributed by atoms with van der Waals surface area (Å²) in [5, 5.41) is 19.6. The summed E-state index contributed by atoms with van der Waals surface area (Å²) >= 11 is 3.07. The van der Waals surface area contributed by atoms with Gasteiger partial charge < -0.3 is 10.1 Å². The SMILES string of the molecule is CC(C)(C)OC(=O)N(C1(CCNc2nonc2-c2noc(=O)n2-c2ccc(F)c(Br)c2)CC1)S(N)(=O)=O. The van der Waals surface area contributed by atoms with Crippen LogP contribution in [0.4, 0.5) is 15.0 Å². The maximum absolute atomic E-state index is 13.7. The minimum atomic E-state index is -4.41. The summed E-state index contributed by atoms with van der Waals surface area (Å²) in [4.78, 5) is 25.0. The molecule has 14 nitrogen and oxygen atoms in total. The molecular formula is C20H23BrFN7O7S. The van der Waals surface area contributed by atoms with Crippen molar-refractivity contribution in [2.75, 3.05) is 11.9 Å². The molecule has 0 unspecified atom stereocenters. The van der Waals surface area contributed by atoms with E-state index in [1.807, 2.05) is 0 Å². The Bertz CT molecular complexity index is 1490. The molecule has 0 spiro atoms. The molecule has 1 amide bonds. The number of nitrogens with two attached hydrogens (primary N) is 1. The molecule has 0 aliphatic heterocycles. The molecular weight excluding hydrogens is 581 g/mol. The molecule has 4 rings (SSSR count). The molecule has 1 fully saturated rings. The fourth-order valence-electron chi connectivity index (χ4n) is 3.69. The highest BCUT2D eigenvalue weighted by Crippen LogP contribution is 2.46. The van der Waals surface area contributed by atoms with Crippen LogP contribution in [0, 0.1) is 5.82 Å². The second kappa shape index (κ2) is 9.53. The van der Waals surface area contributed by atoms with E-state index < -0.39 is 39.0 Å².